The first-order valence-electron chi connectivity index (χ1n) is 5.67. The first-order valence-corrected chi connectivity index (χ1v) is 5.67. The predicted molar refractivity (Wildman–Crippen MR) is 56.9 cm³/mol. The van der Waals surface area contributed by atoms with E-state index in [2.05, 4.69) is 18.9 Å². The molecule has 82 valence electrons. The average molecular weight is 198 g/mol. The fourth-order valence-corrected chi connectivity index (χ4v) is 2.67. The van der Waals surface area contributed by atoms with Crippen molar-refractivity contribution in [2.24, 2.45) is 11.1 Å². The number of nitrogens with zero attached hydrogens (tertiary/aromatic N) is 1. The quantitative estimate of drug-likeness (QED) is 0.635. The molecule has 0 amide bonds. The summed E-state index contributed by atoms with van der Waals surface area (Å²) in [6.07, 6.45) is 4.59. The van der Waals surface area contributed by atoms with Crippen molar-refractivity contribution < 1.29 is 4.74 Å². The van der Waals surface area contributed by atoms with E-state index in [1.165, 1.54) is 19.4 Å². The molecule has 2 N–H and O–H groups in total. The molecule has 2 unspecified atom stereocenters. The molecule has 1 aliphatic carbocycles. The molecular weight excluding hydrogens is 176 g/mol. The zero-order valence-corrected chi connectivity index (χ0v) is 9.38. The van der Waals surface area contributed by atoms with Gasteiger partial charge in [-0.05, 0) is 39.3 Å². The van der Waals surface area contributed by atoms with Gasteiger partial charge in [-0.2, -0.15) is 0 Å². The van der Waals surface area contributed by atoms with Gasteiger partial charge in [0.15, 0.2) is 0 Å². The Balaban J connectivity index is 2.10. The van der Waals surface area contributed by atoms with Gasteiger partial charge in [0.05, 0.1) is 0 Å². The molecule has 0 aromatic rings. The summed E-state index contributed by atoms with van der Waals surface area (Å²) in [7, 11) is 2.19. The van der Waals surface area contributed by atoms with E-state index in [0.717, 1.165) is 26.0 Å². The van der Waals surface area contributed by atoms with Gasteiger partial charge in [0, 0.05) is 18.6 Å². The molecule has 3 nitrogen and oxygen atoms in total. The van der Waals surface area contributed by atoms with Crippen LogP contribution in [0.1, 0.15) is 32.6 Å². The molecule has 2 atom stereocenters. The van der Waals surface area contributed by atoms with Gasteiger partial charge in [0.2, 0.25) is 0 Å². The molecule has 0 bridgehead atoms. The second-order valence-corrected chi connectivity index (χ2v) is 5.24. The number of rotatable bonds is 0. The van der Waals surface area contributed by atoms with Crippen molar-refractivity contribution in [3.63, 3.8) is 0 Å². The highest BCUT2D eigenvalue weighted by Crippen LogP contribution is 2.49. The first-order chi connectivity index (χ1) is 6.56. The molecule has 2 rings (SSSR count). The van der Waals surface area contributed by atoms with Gasteiger partial charge in [-0.15, -0.1) is 0 Å². The lowest BCUT2D eigenvalue weighted by Gasteiger charge is -2.55. The van der Waals surface area contributed by atoms with Crippen molar-refractivity contribution in [2.45, 2.75) is 38.3 Å². The van der Waals surface area contributed by atoms with Crippen LogP contribution >= 0.6 is 0 Å². The van der Waals surface area contributed by atoms with Gasteiger partial charge >= 0.3 is 0 Å². The molecule has 1 saturated heterocycles. The molecule has 2 fully saturated rings. The van der Waals surface area contributed by atoms with Crippen molar-refractivity contribution in [1.82, 2.24) is 4.90 Å². The van der Waals surface area contributed by atoms with Gasteiger partial charge in [0.25, 0.3) is 0 Å². The van der Waals surface area contributed by atoms with Crippen LogP contribution in [0.4, 0.5) is 0 Å². The molecular formula is C11H22N2O. The largest absolute Gasteiger partial charge is 0.360 e. The van der Waals surface area contributed by atoms with Crippen LogP contribution < -0.4 is 5.73 Å². The third-order valence-electron chi connectivity index (χ3n) is 3.98. The van der Waals surface area contributed by atoms with E-state index in [1.807, 2.05) is 0 Å². The van der Waals surface area contributed by atoms with Crippen LogP contribution in [0.3, 0.4) is 0 Å². The Labute approximate surface area is 86.6 Å². The summed E-state index contributed by atoms with van der Waals surface area (Å²) < 4.78 is 5.85. The number of hydrogen-bond acceptors (Lipinski definition) is 3. The van der Waals surface area contributed by atoms with E-state index in [-0.39, 0.29) is 11.1 Å². The minimum atomic E-state index is -0.342. The SMILES string of the molecule is CN1CCCCOC2(N)CCC2(C)C1. The van der Waals surface area contributed by atoms with Gasteiger partial charge in [0.1, 0.15) is 5.72 Å². The zero-order chi connectivity index (χ0) is 10.2. The van der Waals surface area contributed by atoms with Gasteiger partial charge in [-0.1, -0.05) is 6.92 Å². The lowest BCUT2D eigenvalue weighted by atomic mass is 9.62. The van der Waals surface area contributed by atoms with Crippen LogP contribution in [0.25, 0.3) is 0 Å². The Morgan fingerprint density at radius 3 is 2.71 bits per heavy atom. The van der Waals surface area contributed by atoms with Crippen LogP contribution in [-0.2, 0) is 4.74 Å². The summed E-state index contributed by atoms with van der Waals surface area (Å²) in [6, 6.07) is 0. The van der Waals surface area contributed by atoms with Crippen LogP contribution in [0, 0.1) is 5.41 Å². The molecule has 1 aliphatic heterocycles. The van der Waals surface area contributed by atoms with E-state index < -0.39 is 0 Å². The smallest absolute Gasteiger partial charge is 0.123 e. The molecule has 1 saturated carbocycles. The molecule has 1 heterocycles. The predicted octanol–water partition coefficient (Wildman–Crippen LogP) is 1.18. The number of fused-ring (bicyclic) bond motifs is 1. The zero-order valence-electron chi connectivity index (χ0n) is 9.38. The van der Waals surface area contributed by atoms with Crippen molar-refractivity contribution in [3.05, 3.63) is 0 Å². The Morgan fingerprint density at radius 1 is 1.29 bits per heavy atom. The summed E-state index contributed by atoms with van der Waals surface area (Å²) in [5.74, 6) is 0. The van der Waals surface area contributed by atoms with E-state index in [0.29, 0.717) is 0 Å². The summed E-state index contributed by atoms with van der Waals surface area (Å²) in [5, 5.41) is 0. The van der Waals surface area contributed by atoms with E-state index in [9.17, 15) is 0 Å². The molecule has 0 spiro atoms. The Morgan fingerprint density at radius 2 is 2.07 bits per heavy atom. The van der Waals surface area contributed by atoms with E-state index in [4.69, 9.17) is 10.5 Å². The topological polar surface area (TPSA) is 38.5 Å². The second kappa shape index (κ2) is 3.47. The van der Waals surface area contributed by atoms with Crippen LogP contribution in [0.5, 0.6) is 0 Å². The lowest BCUT2D eigenvalue weighted by molar-refractivity contribution is -0.196. The highest BCUT2D eigenvalue weighted by molar-refractivity contribution is 5.04. The van der Waals surface area contributed by atoms with Crippen molar-refractivity contribution in [3.8, 4) is 0 Å². The standard InChI is InChI=1S/C11H22N2O/c1-10-5-6-11(10,12)14-8-4-3-7-13(2)9-10/h3-9,12H2,1-2H3. The fourth-order valence-electron chi connectivity index (χ4n) is 2.67. The second-order valence-electron chi connectivity index (χ2n) is 5.24. The monoisotopic (exact) mass is 198 g/mol. The summed E-state index contributed by atoms with van der Waals surface area (Å²) in [4.78, 5) is 2.40. The maximum absolute atomic E-state index is 6.29. The van der Waals surface area contributed by atoms with Gasteiger partial charge < -0.3 is 15.4 Å². The van der Waals surface area contributed by atoms with E-state index >= 15 is 0 Å². The third-order valence-corrected chi connectivity index (χ3v) is 3.98. The summed E-state index contributed by atoms with van der Waals surface area (Å²) in [6.45, 7) is 5.34. The van der Waals surface area contributed by atoms with Crippen LogP contribution in [-0.4, -0.2) is 37.4 Å². The highest BCUT2D eigenvalue weighted by atomic mass is 16.5. The molecule has 0 aromatic carbocycles. The average Bonchev–Trinajstić information content (AvgIpc) is 2.16. The first kappa shape index (κ1) is 10.4. The lowest BCUT2D eigenvalue weighted by Crippen LogP contribution is -2.66. The summed E-state index contributed by atoms with van der Waals surface area (Å²) >= 11 is 0. The molecule has 0 radical (unpaired) electrons. The maximum Gasteiger partial charge on any atom is 0.123 e. The van der Waals surface area contributed by atoms with Gasteiger partial charge in [-0.3, -0.25) is 0 Å². The minimum Gasteiger partial charge on any atom is -0.360 e. The third kappa shape index (κ3) is 1.58. The van der Waals surface area contributed by atoms with Crippen molar-refractivity contribution in [2.75, 3.05) is 26.7 Å². The Bertz CT molecular complexity index is 221. The van der Waals surface area contributed by atoms with Crippen LogP contribution in [0.15, 0.2) is 0 Å². The van der Waals surface area contributed by atoms with Gasteiger partial charge in [-0.25, -0.2) is 0 Å². The number of nitrogens with two attached hydrogens (primary N) is 1. The highest BCUT2D eigenvalue weighted by Gasteiger charge is 2.55. The normalized spacial score (nSPS) is 45.6. The van der Waals surface area contributed by atoms with Crippen molar-refractivity contribution >= 4 is 0 Å². The maximum atomic E-state index is 6.29. The molecule has 3 heteroatoms. The Kier molecular flexibility index (Phi) is 2.58. The minimum absolute atomic E-state index is 0.173. The Hall–Kier alpha value is -0.120. The van der Waals surface area contributed by atoms with Crippen molar-refractivity contribution in [1.29, 1.82) is 0 Å². The van der Waals surface area contributed by atoms with Crippen LogP contribution in [0.2, 0.25) is 0 Å². The fraction of sp³-hybridized carbons (Fsp3) is 1.00. The molecule has 14 heavy (non-hydrogen) atoms. The molecule has 0 aromatic heterocycles. The molecule has 2 aliphatic rings. The van der Waals surface area contributed by atoms with E-state index in [1.54, 1.807) is 0 Å². The number of ether oxygens (including phenoxy) is 1. The number of hydrogen-bond donors (Lipinski definition) is 1. The summed E-state index contributed by atoms with van der Waals surface area (Å²) in [5.41, 5.74) is 6.13.